The van der Waals surface area contributed by atoms with Gasteiger partial charge in [-0.3, -0.25) is 9.59 Å². The van der Waals surface area contributed by atoms with Crippen LogP contribution in [0.2, 0.25) is 0 Å². The van der Waals surface area contributed by atoms with Gasteiger partial charge in [0.05, 0.1) is 27.6 Å². The summed E-state index contributed by atoms with van der Waals surface area (Å²) in [4.78, 5) is 29.6. The number of fused-ring (bicyclic) bond motifs is 1. The van der Waals surface area contributed by atoms with E-state index in [4.69, 9.17) is 5.73 Å². The second-order valence-electron chi connectivity index (χ2n) is 7.12. The third-order valence-electron chi connectivity index (χ3n) is 4.90. The first kappa shape index (κ1) is 22.1. The molecule has 0 spiro atoms. The lowest BCUT2D eigenvalue weighted by molar-refractivity contribution is -0.137. The van der Waals surface area contributed by atoms with E-state index in [2.05, 4.69) is 4.98 Å². The molecule has 3 aromatic rings. The number of para-hydroxylation sites is 1. The molecule has 0 fully saturated rings. The molecule has 0 aliphatic rings. The predicted octanol–water partition coefficient (Wildman–Crippen LogP) is 2.34. The van der Waals surface area contributed by atoms with Crippen molar-refractivity contribution in [2.45, 2.75) is 24.7 Å². The fraction of sp³-hybridized carbons (Fsp3) is 0.286. The van der Waals surface area contributed by atoms with Gasteiger partial charge in [-0.25, -0.2) is 13.4 Å². The molecule has 2 aromatic carbocycles. The predicted molar refractivity (Wildman–Crippen MR) is 116 cm³/mol. The van der Waals surface area contributed by atoms with Crippen LogP contribution < -0.4 is 5.73 Å². The largest absolute Gasteiger partial charge is 0.378 e. The first-order chi connectivity index (χ1) is 14.2. The summed E-state index contributed by atoms with van der Waals surface area (Å²) in [7, 11) is -3.95. The Morgan fingerprint density at radius 3 is 2.37 bits per heavy atom. The van der Waals surface area contributed by atoms with Crippen LogP contribution in [-0.4, -0.2) is 41.6 Å². The minimum Gasteiger partial charge on any atom is -0.378 e. The van der Waals surface area contributed by atoms with Crippen molar-refractivity contribution < 1.29 is 23.1 Å². The highest BCUT2D eigenvalue weighted by atomic mass is 32.2. The molecule has 1 heterocycles. The molecule has 0 bridgehead atoms. The number of hydrogen-bond donors (Lipinski definition) is 2. The number of hydrogen-bond acceptors (Lipinski definition) is 7. The molecule has 3 N–H and O–H groups in total. The number of amides is 1. The molecule has 0 saturated heterocycles. The van der Waals surface area contributed by atoms with E-state index in [0.29, 0.717) is 11.1 Å². The Kier molecular flexibility index (Phi) is 6.35. The van der Waals surface area contributed by atoms with Gasteiger partial charge in [-0.15, -0.1) is 11.3 Å². The van der Waals surface area contributed by atoms with Gasteiger partial charge in [0.2, 0.25) is 0 Å². The first-order valence-electron chi connectivity index (χ1n) is 9.32. The molecule has 1 amide bonds. The number of sulfone groups is 1. The maximum Gasteiger partial charge on any atom is 0.251 e. The molecular formula is C21H22N2O5S2. The van der Waals surface area contributed by atoms with E-state index >= 15 is 0 Å². The number of rotatable bonds is 9. The van der Waals surface area contributed by atoms with Crippen molar-refractivity contribution in [2.24, 2.45) is 11.7 Å². The normalized spacial score (nSPS) is 14.9. The van der Waals surface area contributed by atoms with Crippen molar-refractivity contribution in [3.8, 4) is 0 Å². The number of nitrogens with two attached hydrogens (primary N) is 1. The second-order valence-corrected chi connectivity index (χ2v) is 10.2. The minimum absolute atomic E-state index is 0.0229. The molecule has 2 atom stereocenters. The van der Waals surface area contributed by atoms with Crippen molar-refractivity contribution in [2.75, 3.05) is 5.75 Å². The molecule has 9 heteroatoms. The molecule has 1 aromatic heterocycles. The van der Waals surface area contributed by atoms with Crippen molar-refractivity contribution in [3.63, 3.8) is 0 Å². The summed E-state index contributed by atoms with van der Waals surface area (Å²) in [5.41, 5.74) is 3.99. The van der Waals surface area contributed by atoms with Gasteiger partial charge in [-0.2, -0.15) is 0 Å². The van der Waals surface area contributed by atoms with Gasteiger partial charge < -0.3 is 10.8 Å². The van der Waals surface area contributed by atoms with E-state index in [1.165, 1.54) is 0 Å². The molecule has 0 aliphatic heterocycles. The number of carbonyl (C=O) groups excluding carboxylic acids is 2. The van der Waals surface area contributed by atoms with E-state index in [1.807, 2.05) is 6.07 Å². The number of thiazole rings is 1. The highest BCUT2D eigenvalue weighted by Crippen LogP contribution is 2.31. The Bertz CT molecular complexity index is 1140. The van der Waals surface area contributed by atoms with Crippen LogP contribution in [0.1, 0.15) is 28.7 Å². The van der Waals surface area contributed by atoms with Crippen LogP contribution in [0.15, 0.2) is 54.6 Å². The monoisotopic (exact) mass is 446 g/mol. The van der Waals surface area contributed by atoms with E-state index in [0.717, 1.165) is 16.0 Å². The zero-order valence-corrected chi connectivity index (χ0v) is 17.9. The number of carbonyl (C=O) groups is 2. The summed E-state index contributed by atoms with van der Waals surface area (Å²) in [5.74, 6) is -4.51. The van der Waals surface area contributed by atoms with Gasteiger partial charge in [-0.1, -0.05) is 49.4 Å². The fourth-order valence-corrected chi connectivity index (χ4v) is 6.20. The van der Waals surface area contributed by atoms with Crippen molar-refractivity contribution in [1.29, 1.82) is 0 Å². The van der Waals surface area contributed by atoms with Crippen molar-refractivity contribution in [3.05, 3.63) is 65.2 Å². The van der Waals surface area contributed by atoms with Gasteiger partial charge in [0.1, 0.15) is 0 Å². The Balaban J connectivity index is 1.93. The minimum atomic E-state index is -3.95. The quantitative estimate of drug-likeness (QED) is 0.486. The lowest BCUT2D eigenvalue weighted by Gasteiger charge is -2.31. The van der Waals surface area contributed by atoms with Gasteiger partial charge in [0, 0.05) is 0 Å². The number of ketones is 1. The molecule has 0 saturated carbocycles. The average molecular weight is 447 g/mol. The van der Waals surface area contributed by atoms with Crippen LogP contribution >= 0.6 is 11.3 Å². The summed E-state index contributed by atoms with van der Waals surface area (Å²) in [5, 5.41) is 11.2. The average Bonchev–Trinajstić information content (AvgIpc) is 3.12. The summed E-state index contributed by atoms with van der Waals surface area (Å²) < 4.78 is 26.3. The van der Waals surface area contributed by atoms with E-state index in [-0.39, 0.29) is 17.2 Å². The molecule has 3 rings (SSSR count). The van der Waals surface area contributed by atoms with Gasteiger partial charge in [0.15, 0.2) is 26.2 Å². The highest BCUT2D eigenvalue weighted by molar-refractivity contribution is 7.90. The number of benzene rings is 2. The smallest absolute Gasteiger partial charge is 0.251 e. The van der Waals surface area contributed by atoms with Crippen molar-refractivity contribution in [1.82, 2.24) is 4.98 Å². The number of Topliss-reactive ketones (excluding diaryl/α,β-unsaturated/α-hetero) is 1. The fourth-order valence-electron chi connectivity index (χ4n) is 3.42. The van der Waals surface area contributed by atoms with Crippen LogP contribution in [-0.2, 0) is 20.4 Å². The zero-order chi connectivity index (χ0) is 21.9. The topological polar surface area (TPSA) is 127 Å². The number of aromatic nitrogens is 1. The van der Waals surface area contributed by atoms with Crippen LogP contribution in [0.25, 0.3) is 10.2 Å². The summed E-state index contributed by atoms with van der Waals surface area (Å²) in [6, 6.07) is 15.5. The molecule has 0 aliphatic carbocycles. The van der Waals surface area contributed by atoms with Crippen molar-refractivity contribution >= 4 is 43.1 Å². The Hall–Kier alpha value is -2.62. The molecule has 2 unspecified atom stereocenters. The van der Waals surface area contributed by atoms with Crippen LogP contribution in [0.5, 0.6) is 0 Å². The van der Waals surface area contributed by atoms with Gasteiger partial charge in [-0.05, 0) is 24.1 Å². The molecule has 30 heavy (non-hydrogen) atoms. The first-order valence-corrected chi connectivity index (χ1v) is 12.0. The third-order valence-corrected chi connectivity index (χ3v) is 7.61. The van der Waals surface area contributed by atoms with Crippen LogP contribution in [0, 0.1) is 5.92 Å². The van der Waals surface area contributed by atoms with E-state index < -0.39 is 38.8 Å². The van der Waals surface area contributed by atoms with Crippen LogP contribution in [0.3, 0.4) is 0 Å². The Morgan fingerprint density at radius 2 is 1.77 bits per heavy atom. The molecule has 7 nitrogen and oxygen atoms in total. The van der Waals surface area contributed by atoms with E-state index in [1.54, 1.807) is 55.5 Å². The maximum atomic E-state index is 13.1. The Labute approximate surface area is 178 Å². The molecule has 158 valence electrons. The molecule has 0 radical (unpaired) electrons. The number of primary amides is 1. The van der Waals surface area contributed by atoms with Gasteiger partial charge >= 0.3 is 0 Å². The lowest BCUT2D eigenvalue weighted by atomic mass is 9.83. The standard InChI is InChI=1S/C21H22N2O5S2/c1-2-15(18(24)19-23-16-10-6-7-11-17(16)29-19)21(26,20(22)25)13-30(27,28)12-14-8-4-3-5-9-14/h3-11,15,26H,2,12-13H2,1H3,(H2,22,25). The summed E-state index contributed by atoms with van der Waals surface area (Å²) in [6.45, 7) is 1.59. The third kappa shape index (κ3) is 4.58. The van der Waals surface area contributed by atoms with Crippen LogP contribution in [0.4, 0.5) is 0 Å². The molecular weight excluding hydrogens is 424 g/mol. The number of aliphatic hydroxyl groups is 1. The summed E-state index contributed by atoms with van der Waals surface area (Å²) in [6.07, 6.45) is 0.0229. The lowest BCUT2D eigenvalue weighted by Crippen LogP contribution is -2.57. The van der Waals surface area contributed by atoms with E-state index in [9.17, 15) is 23.1 Å². The van der Waals surface area contributed by atoms with Gasteiger partial charge in [0.25, 0.3) is 5.91 Å². The zero-order valence-electron chi connectivity index (χ0n) is 16.3. The summed E-state index contributed by atoms with van der Waals surface area (Å²) >= 11 is 1.12. The number of nitrogens with zero attached hydrogens (tertiary/aromatic N) is 1. The Morgan fingerprint density at radius 1 is 1.13 bits per heavy atom. The SMILES string of the molecule is CCC(C(=O)c1nc2ccccc2s1)C(O)(CS(=O)(=O)Cc1ccccc1)C(N)=O. The second kappa shape index (κ2) is 8.63. The highest BCUT2D eigenvalue weighted by Gasteiger charge is 2.49. The maximum absolute atomic E-state index is 13.1.